The summed E-state index contributed by atoms with van der Waals surface area (Å²) < 4.78 is 3.77. The van der Waals surface area contributed by atoms with Crippen molar-refractivity contribution in [2.24, 2.45) is 5.92 Å². The van der Waals surface area contributed by atoms with Gasteiger partial charge in [0.05, 0.1) is 0 Å². The number of aromatic nitrogens is 2. The molecule has 0 aromatic carbocycles. The normalized spacial score (nSPS) is 18.5. The number of rotatable bonds is 8. The number of imidazole rings is 1. The fourth-order valence-electron chi connectivity index (χ4n) is 2.47. The molecule has 0 spiro atoms. The Morgan fingerprint density at radius 3 is 2.68 bits per heavy atom. The summed E-state index contributed by atoms with van der Waals surface area (Å²) in [6, 6.07) is 0.858. The molecular weight excluding hydrogens is 238 g/mol. The largest absolute Gasteiger partial charge is 0.328 e. The van der Waals surface area contributed by atoms with E-state index in [1.165, 1.54) is 0 Å². The van der Waals surface area contributed by atoms with Gasteiger partial charge in [-0.05, 0) is 31.7 Å². The van der Waals surface area contributed by atoms with Crippen molar-refractivity contribution >= 4 is 0 Å². The van der Waals surface area contributed by atoms with Crippen LogP contribution in [0.25, 0.3) is 0 Å². The van der Waals surface area contributed by atoms with Crippen molar-refractivity contribution < 1.29 is 0 Å². The zero-order valence-corrected chi connectivity index (χ0v) is 12.4. The molecule has 4 heteroatoms. The first-order chi connectivity index (χ1) is 9.17. The Morgan fingerprint density at radius 2 is 2.11 bits per heavy atom. The van der Waals surface area contributed by atoms with Crippen LogP contribution in [0, 0.1) is 5.92 Å². The van der Waals surface area contributed by atoms with Crippen LogP contribution in [0.4, 0.5) is 0 Å². The van der Waals surface area contributed by atoms with Gasteiger partial charge in [0.15, 0.2) is 0 Å². The molecule has 19 heavy (non-hydrogen) atoms. The van der Waals surface area contributed by atoms with E-state index in [1.807, 2.05) is 21.5 Å². The Labute approximate surface area is 115 Å². The number of nitrogens with zero attached hydrogens (tertiary/aromatic N) is 2. The summed E-state index contributed by atoms with van der Waals surface area (Å²) in [5.41, 5.74) is 0.161. The van der Waals surface area contributed by atoms with Gasteiger partial charge in [0.2, 0.25) is 0 Å². The molecule has 1 aliphatic rings. The Bertz CT molecular complexity index is 444. The molecule has 0 saturated heterocycles. The summed E-state index contributed by atoms with van der Waals surface area (Å²) in [5.74, 6) is 0.586. The van der Waals surface area contributed by atoms with Crippen LogP contribution in [0.5, 0.6) is 0 Å². The van der Waals surface area contributed by atoms with Gasteiger partial charge in [0.25, 0.3) is 0 Å². The summed E-state index contributed by atoms with van der Waals surface area (Å²) in [5, 5.41) is 3.58. The molecule has 1 heterocycles. The van der Waals surface area contributed by atoms with E-state index in [9.17, 15) is 4.79 Å². The van der Waals surface area contributed by atoms with Crippen LogP contribution in [-0.2, 0) is 6.54 Å². The first kappa shape index (κ1) is 14.4. The predicted molar refractivity (Wildman–Crippen MR) is 78.5 cm³/mol. The number of nitrogens with one attached hydrogen (secondary N) is 1. The minimum atomic E-state index is 0.161. The van der Waals surface area contributed by atoms with E-state index in [1.54, 1.807) is 0 Å². The average molecular weight is 265 g/mol. The van der Waals surface area contributed by atoms with E-state index in [0.29, 0.717) is 18.0 Å². The van der Waals surface area contributed by atoms with Gasteiger partial charge in [-0.15, -0.1) is 0 Å². The second kappa shape index (κ2) is 6.42. The van der Waals surface area contributed by atoms with Crippen LogP contribution in [-0.4, -0.2) is 21.7 Å². The maximum Gasteiger partial charge on any atom is 0.328 e. The smallest absolute Gasteiger partial charge is 0.312 e. The first-order valence-electron chi connectivity index (χ1n) is 7.68. The molecule has 1 N–H and O–H groups in total. The van der Waals surface area contributed by atoms with Gasteiger partial charge < -0.3 is 5.32 Å². The second-order valence-corrected chi connectivity index (χ2v) is 5.82. The highest BCUT2D eigenvalue weighted by molar-refractivity contribution is 4.92. The zero-order valence-electron chi connectivity index (χ0n) is 12.4. The fourth-order valence-corrected chi connectivity index (χ4v) is 2.47. The van der Waals surface area contributed by atoms with Crippen molar-refractivity contribution in [3.63, 3.8) is 0 Å². The van der Waals surface area contributed by atoms with Gasteiger partial charge in [-0.25, -0.2) is 4.79 Å². The molecule has 0 amide bonds. The molecule has 1 aliphatic carbocycles. The van der Waals surface area contributed by atoms with Crippen LogP contribution >= 0.6 is 0 Å². The fraction of sp³-hybridized carbons (Fsp3) is 0.800. The Balaban J connectivity index is 2.05. The standard InChI is InChI=1S/C15H27N3O/c1-4-8-16-14(12(3)5-2)11-17-9-10-18(15(17)19)13-6-7-13/h9-10,12-14,16H,4-8,11H2,1-3H3. The van der Waals surface area contributed by atoms with Crippen LogP contribution in [0.3, 0.4) is 0 Å². The first-order valence-corrected chi connectivity index (χ1v) is 7.68. The van der Waals surface area contributed by atoms with Gasteiger partial charge in [0, 0.05) is 31.0 Å². The molecule has 108 valence electrons. The molecule has 0 radical (unpaired) electrons. The molecule has 1 saturated carbocycles. The van der Waals surface area contributed by atoms with E-state index in [4.69, 9.17) is 0 Å². The maximum absolute atomic E-state index is 12.3. The molecule has 1 aromatic heterocycles. The summed E-state index contributed by atoms with van der Waals surface area (Å²) >= 11 is 0. The van der Waals surface area contributed by atoms with Crippen LogP contribution < -0.4 is 11.0 Å². The van der Waals surface area contributed by atoms with Gasteiger partial charge >= 0.3 is 5.69 Å². The van der Waals surface area contributed by atoms with Crippen molar-refractivity contribution in [1.29, 1.82) is 0 Å². The van der Waals surface area contributed by atoms with Gasteiger partial charge in [-0.2, -0.15) is 0 Å². The third-order valence-electron chi connectivity index (χ3n) is 4.19. The Kier molecular flexibility index (Phi) is 4.86. The Morgan fingerprint density at radius 1 is 1.37 bits per heavy atom. The van der Waals surface area contributed by atoms with E-state index in [0.717, 1.165) is 38.8 Å². The molecule has 1 fully saturated rings. The SMILES string of the molecule is CCCNC(Cn1ccn(C2CC2)c1=O)C(C)CC. The third-order valence-corrected chi connectivity index (χ3v) is 4.19. The lowest BCUT2D eigenvalue weighted by molar-refractivity contribution is 0.326. The summed E-state index contributed by atoms with van der Waals surface area (Å²) in [6.07, 6.45) is 8.49. The van der Waals surface area contributed by atoms with Crippen molar-refractivity contribution in [2.75, 3.05) is 6.54 Å². The molecule has 1 aromatic rings. The van der Waals surface area contributed by atoms with Gasteiger partial charge in [-0.1, -0.05) is 27.2 Å². The molecule has 2 unspecified atom stereocenters. The second-order valence-electron chi connectivity index (χ2n) is 5.82. The molecule has 4 nitrogen and oxygen atoms in total. The van der Waals surface area contributed by atoms with E-state index in [-0.39, 0.29) is 5.69 Å². The summed E-state index contributed by atoms with van der Waals surface area (Å²) in [6.45, 7) is 8.46. The van der Waals surface area contributed by atoms with E-state index in [2.05, 4.69) is 26.1 Å². The lowest BCUT2D eigenvalue weighted by Crippen LogP contribution is -2.41. The lowest BCUT2D eigenvalue weighted by atomic mass is 9.99. The Hall–Kier alpha value is -1.03. The molecular formula is C15H27N3O. The van der Waals surface area contributed by atoms with Crippen molar-refractivity contribution in [2.45, 2.75) is 65.1 Å². The molecule has 0 aliphatic heterocycles. The van der Waals surface area contributed by atoms with Gasteiger partial charge in [0.1, 0.15) is 0 Å². The zero-order chi connectivity index (χ0) is 13.8. The van der Waals surface area contributed by atoms with E-state index >= 15 is 0 Å². The number of hydrogen-bond acceptors (Lipinski definition) is 2. The summed E-state index contributed by atoms with van der Waals surface area (Å²) in [7, 11) is 0. The lowest BCUT2D eigenvalue weighted by Gasteiger charge is -2.24. The van der Waals surface area contributed by atoms with Crippen molar-refractivity contribution in [3.8, 4) is 0 Å². The monoisotopic (exact) mass is 265 g/mol. The van der Waals surface area contributed by atoms with Crippen LogP contribution in [0.2, 0.25) is 0 Å². The molecule has 0 bridgehead atoms. The van der Waals surface area contributed by atoms with Crippen molar-refractivity contribution in [3.05, 3.63) is 22.9 Å². The number of hydrogen-bond donors (Lipinski definition) is 1. The quantitative estimate of drug-likeness (QED) is 0.784. The average Bonchev–Trinajstić information content (AvgIpc) is 3.19. The highest BCUT2D eigenvalue weighted by Gasteiger charge is 2.26. The highest BCUT2D eigenvalue weighted by Crippen LogP contribution is 2.33. The van der Waals surface area contributed by atoms with Crippen LogP contribution in [0.1, 0.15) is 52.5 Å². The molecule has 2 atom stereocenters. The van der Waals surface area contributed by atoms with E-state index < -0.39 is 0 Å². The summed E-state index contributed by atoms with van der Waals surface area (Å²) in [4.78, 5) is 12.3. The maximum atomic E-state index is 12.3. The van der Waals surface area contributed by atoms with Crippen LogP contribution in [0.15, 0.2) is 17.2 Å². The minimum Gasteiger partial charge on any atom is -0.312 e. The highest BCUT2D eigenvalue weighted by atomic mass is 16.1. The van der Waals surface area contributed by atoms with Crippen molar-refractivity contribution in [1.82, 2.24) is 14.5 Å². The minimum absolute atomic E-state index is 0.161. The predicted octanol–water partition coefficient (Wildman–Crippen LogP) is 2.40. The molecule has 2 rings (SSSR count). The third kappa shape index (κ3) is 3.50. The van der Waals surface area contributed by atoms with Gasteiger partial charge in [-0.3, -0.25) is 9.13 Å². The topological polar surface area (TPSA) is 39.0 Å².